The van der Waals surface area contributed by atoms with E-state index in [4.69, 9.17) is 4.74 Å². The zero-order valence-electron chi connectivity index (χ0n) is 18.0. The molecule has 0 fully saturated rings. The minimum Gasteiger partial charge on any atom is -0.383 e. The number of carbonyl (C=O) groups is 1. The van der Waals surface area contributed by atoms with Crippen LogP contribution in [-0.2, 0) is 19.6 Å². The second kappa shape index (κ2) is 9.52. The molecule has 0 bridgehead atoms. The first kappa shape index (κ1) is 23.1. The lowest BCUT2D eigenvalue weighted by molar-refractivity contribution is -0.116. The minimum atomic E-state index is -3.86. The van der Waals surface area contributed by atoms with Crippen LogP contribution in [0.15, 0.2) is 35.2 Å². The summed E-state index contributed by atoms with van der Waals surface area (Å²) in [6, 6.07) is 9.30. The Balaban J connectivity index is 2.33. The number of hydrogen-bond donors (Lipinski definition) is 1. The van der Waals surface area contributed by atoms with E-state index < -0.39 is 10.0 Å². The smallest absolute Gasteiger partial charge is 0.244 e. The van der Waals surface area contributed by atoms with Crippen molar-refractivity contribution in [3.63, 3.8) is 0 Å². The molecule has 0 aliphatic rings. The summed E-state index contributed by atoms with van der Waals surface area (Å²) in [5.74, 6) is -0.388. The van der Waals surface area contributed by atoms with Crippen LogP contribution in [0.25, 0.3) is 0 Å². The fourth-order valence-corrected chi connectivity index (χ4v) is 5.21. The van der Waals surface area contributed by atoms with E-state index >= 15 is 0 Å². The molecule has 0 aliphatic carbocycles. The lowest BCUT2D eigenvalue weighted by Gasteiger charge is -2.24. The molecule has 1 amide bonds. The van der Waals surface area contributed by atoms with Crippen molar-refractivity contribution in [3.05, 3.63) is 58.1 Å². The number of aryl methyl sites for hydroxylation is 4. The van der Waals surface area contributed by atoms with E-state index in [2.05, 4.69) is 5.32 Å². The van der Waals surface area contributed by atoms with Crippen LogP contribution in [0.5, 0.6) is 0 Å². The predicted molar refractivity (Wildman–Crippen MR) is 116 cm³/mol. The highest BCUT2D eigenvalue weighted by Crippen LogP contribution is 2.25. The molecule has 2 aromatic carbocycles. The number of carbonyl (C=O) groups excluding carboxylic acids is 1. The average molecular weight is 419 g/mol. The number of amides is 1. The summed E-state index contributed by atoms with van der Waals surface area (Å²) in [5, 5.41) is 2.83. The first-order valence-corrected chi connectivity index (χ1v) is 10.9. The van der Waals surface area contributed by atoms with Crippen LogP contribution in [-0.4, -0.2) is 45.4 Å². The topological polar surface area (TPSA) is 75.7 Å². The Kier molecular flexibility index (Phi) is 7.57. The maximum Gasteiger partial charge on any atom is 0.244 e. The maximum atomic E-state index is 13.4. The summed E-state index contributed by atoms with van der Waals surface area (Å²) >= 11 is 0. The van der Waals surface area contributed by atoms with Gasteiger partial charge in [-0.05, 0) is 62.9 Å². The number of anilines is 1. The van der Waals surface area contributed by atoms with Gasteiger partial charge in [-0.2, -0.15) is 4.31 Å². The van der Waals surface area contributed by atoms with E-state index in [-0.39, 0.29) is 30.5 Å². The molecule has 1 N–H and O–H groups in total. The number of hydrogen-bond acceptors (Lipinski definition) is 4. The van der Waals surface area contributed by atoms with Gasteiger partial charge in [-0.25, -0.2) is 8.42 Å². The molecule has 0 aliphatic heterocycles. The van der Waals surface area contributed by atoms with Gasteiger partial charge in [0.2, 0.25) is 15.9 Å². The maximum absolute atomic E-state index is 13.4. The molecule has 0 saturated carbocycles. The van der Waals surface area contributed by atoms with E-state index in [9.17, 15) is 13.2 Å². The lowest BCUT2D eigenvalue weighted by atomic mass is 10.1. The molecular formula is C22H30N2O4S. The van der Waals surface area contributed by atoms with Gasteiger partial charge in [0.15, 0.2) is 0 Å². The van der Waals surface area contributed by atoms with Crippen molar-refractivity contribution < 1.29 is 17.9 Å². The van der Waals surface area contributed by atoms with E-state index in [1.807, 2.05) is 51.1 Å². The molecule has 2 rings (SSSR count). The third-order valence-electron chi connectivity index (χ3n) is 4.95. The SMILES string of the molecule is COCCN(CC(=O)Nc1cccc(C)c1C)S(=O)(=O)c1c(C)cc(C)cc1C. The second-order valence-electron chi connectivity index (χ2n) is 7.35. The Morgan fingerprint density at radius 1 is 1.03 bits per heavy atom. The van der Waals surface area contributed by atoms with Gasteiger partial charge >= 0.3 is 0 Å². The molecule has 6 nitrogen and oxygen atoms in total. The van der Waals surface area contributed by atoms with Gasteiger partial charge in [0.05, 0.1) is 18.0 Å². The van der Waals surface area contributed by atoms with Crippen molar-refractivity contribution in [2.45, 2.75) is 39.5 Å². The van der Waals surface area contributed by atoms with Crippen molar-refractivity contribution in [3.8, 4) is 0 Å². The Morgan fingerprint density at radius 2 is 1.66 bits per heavy atom. The quantitative estimate of drug-likeness (QED) is 0.712. The molecule has 0 unspecified atom stereocenters. The van der Waals surface area contributed by atoms with Crippen LogP contribution in [0.4, 0.5) is 5.69 Å². The van der Waals surface area contributed by atoms with Gasteiger partial charge in [-0.1, -0.05) is 29.8 Å². The summed E-state index contributed by atoms with van der Waals surface area (Å²) in [7, 11) is -2.36. The van der Waals surface area contributed by atoms with Crippen molar-refractivity contribution in [2.75, 3.05) is 32.1 Å². The summed E-state index contributed by atoms with van der Waals surface area (Å²) < 4.78 is 33.0. The highest BCUT2D eigenvalue weighted by molar-refractivity contribution is 7.89. The van der Waals surface area contributed by atoms with E-state index in [1.165, 1.54) is 11.4 Å². The number of rotatable bonds is 8. The second-order valence-corrected chi connectivity index (χ2v) is 9.23. The van der Waals surface area contributed by atoms with Crippen molar-refractivity contribution in [1.82, 2.24) is 4.31 Å². The largest absolute Gasteiger partial charge is 0.383 e. The van der Waals surface area contributed by atoms with Gasteiger partial charge in [0, 0.05) is 19.3 Å². The number of nitrogens with one attached hydrogen (secondary N) is 1. The van der Waals surface area contributed by atoms with E-state index in [1.54, 1.807) is 13.8 Å². The summed E-state index contributed by atoms with van der Waals surface area (Å²) in [6.07, 6.45) is 0. The molecule has 0 saturated heterocycles. The summed E-state index contributed by atoms with van der Waals surface area (Å²) in [4.78, 5) is 12.9. The van der Waals surface area contributed by atoms with Crippen LogP contribution < -0.4 is 5.32 Å². The molecule has 0 atom stereocenters. The predicted octanol–water partition coefficient (Wildman–Crippen LogP) is 3.50. The Bertz CT molecular complexity index is 977. The number of sulfonamides is 1. The van der Waals surface area contributed by atoms with Gasteiger partial charge in [0.25, 0.3) is 0 Å². The fraction of sp³-hybridized carbons (Fsp3) is 0.409. The van der Waals surface area contributed by atoms with Crippen LogP contribution in [0.3, 0.4) is 0 Å². The van der Waals surface area contributed by atoms with Gasteiger partial charge in [0.1, 0.15) is 0 Å². The molecule has 2 aromatic rings. The average Bonchev–Trinajstić information content (AvgIpc) is 2.61. The third-order valence-corrected chi connectivity index (χ3v) is 7.10. The molecule has 7 heteroatoms. The molecular weight excluding hydrogens is 388 g/mol. The third kappa shape index (κ3) is 5.44. The van der Waals surface area contributed by atoms with E-state index in [0.29, 0.717) is 16.8 Å². The van der Waals surface area contributed by atoms with Gasteiger partial charge < -0.3 is 10.1 Å². The standard InChI is InChI=1S/C22H30N2O4S/c1-15-12-17(3)22(18(4)13-15)29(26,27)24(10-11-28-6)14-21(25)23-20-9-7-8-16(2)19(20)5/h7-9,12-13H,10-11,14H2,1-6H3,(H,23,25). The monoisotopic (exact) mass is 418 g/mol. The van der Waals surface area contributed by atoms with Crippen LogP contribution in [0, 0.1) is 34.6 Å². The number of nitrogens with zero attached hydrogens (tertiary/aromatic N) is 1. The summed E-state index contributed by atoms with van der Waals surface area (Å²) in [6.45, 7) is 9.36. The normalized spacial score (nSPS) is 11.7. The number of benzene rings is 2. The van der Waals surface area contributed by atoms with Crippen molar-refractivity contribution >= 4 is 21.6 Å². The van der Waals surface area contributed by atoms with Crippen LogP contribution in [0.2, 0.25) is 0 Å². The summed E-state index contributed by atoms with van der Waals surface area (Å²) in [5.41, 5.74) is 5.02. The Hall–Kier alpha value is -2.22. The molecule has 0 spiro atoms. The number of methoxy groups -OCH3 is 1. The first-order valence-electron chi connectivity index (χ1n) is 9.51. The minimum absolute atomic E-state index is 0.0891. The van der Waals surface area contributed by atoms with Gasteiger partial charge in [-0.15, -0.1) is 0 Å². The van der Waals surface area contributed by atoms with Crippen molar-refractivity contribution in [1.29, 1.82) is 0 Å². The fourth-order valence-electron chi connectivity index (χ4n) is 3.42. The van der Waals surface area contributed by atoms with E-state index in [0.717, 1.165) is 16.7 Å². The highest BCUT2D eigenvalue weighted by atomic mass is 32.2. The molecule has 0 heterocycles. The van der Waals surface area contributed by atoms with Crippen LogP contribution in [0.1, 0.15) is 27.8 Å². The lowest BCUT2D eigenvalue weighted by Crippen LogP contribution is -2.40. The molecule has 0 aromatic heterocycles. The zero-order valence-corrected chi connectivity index (χ0v) is 18.8. The molecule has 0 radical (unpaired) electrons. The zero-order chi connectivity index (χ0) is 21.8. The molecule has 29 heavy (non-hydrogen) atoms. The highest BCUT2D eigenvalue weighted by Gasteiger charge is 2.29. The Labute approximate surface area is 173 Å². The Morgan fingerprint density at radius 3 is 2.24 bits per heavy atom. The van der Waals surface area contributed by atoms with Crippen molar-refractivity contribution in [2.24, 2.45) is 0 Å². The van der Waals surface area contributed by atoms with Gasteiger partial charge in [-0.3, -0.25) is 4.79 Å². The molecule has 158 valence electrons. The number of ether oxygens (including phenoxy) is 1. The van der Waals surface area contributed by atoms with Crippen LogP contribution >= 0.6 is 0 Å². The first-order chi connectivity index (χ1) is 13.6.